The first-order chi connectivity index (χ1) is 6.88. The molecule has 0 saturated carbocycles. The molecule has 6 heteroatoms. The van der Waals surface area contributed by atoms with Crippen molar-refractivity contribution in [2.45, 2.75) is 11.8 Å². The lowest BCUT2D eigenvalue weighted by atomic mass is 10.4. The van der Waals surface area contributed by atoms with Crippen LogP contribution in [0.2, 0.25) is 0 Å². The number of hydrogen-bond donors (Lipinski definition) is 0. The third-order valence-electron chi connectivity index (χ3n) is 1.51. The Balaban J connectivity index is 1.92. The predicted molar refractivity (Wildman–Crippen MR) is 54.7 cm³/mol. The summed E-state index contributed by atoms with van der Waals surface area (Å²) in [6.07, 6.45) is 5.20. The zero-order valence-electron chi connectivity index (χ0n) is 7.47. The summed E-state index contributed by atoms with van der Waals surface area (Å²) in [6.45, 7) is 0.472. The van der Waals surface area contributed by atoms with Crippen molar-refractivity contribution in [1.29, 1.82) is 0 Å². The van der Waals surface area contributed by atoms with Crippen LogP contribution in [0.15, 0.2) is 28.2 Å². The van der Waals surface area contributed by atoms with Gasteiger partial charge >= 0.3 is 0 Å². The molecule has 2 heterocycles. The van der Waals surface area contributed by atoms with Crippen LogP contribution in [-0.4, -0.2) is 15.6 Å². The molecule has 0 bridgehead atoms. The molecule has 4 nitrogen and oxygen atoms in total. The van der Waals surface area contributed by atoms with Crippen LogP contribution in [-0.2, 0) is 6.61 Å². The minimum Gasteiger partial charge on any atom is -0.472 e. The minimum atomic E-state index is 0.472. The maximum atomic E-state index is 5.40. The van der Waals surface area contributed by atoms with Gasteiger partial charge in [-0.05, 0) is 12.3 Å². The Labute approximate surface area is 89.5 Å². The molecule has 0 N–H and O–H groups in total. The molecular formula is C8H8N2O2S2. The van der Waals surface area contributed by atoms with E-state index < -0.39 is 0 Å². The lowest BCUT2D eigenvalue weighted by Crippen LogP contribution is -1.92. The topological polar surface area (TPSA) is 48.2 Å². The van der Waals surface area contributed by atoms with E-state index in [1.54, 1.807) is 12.5 Å². The molecule has 2 rings (SSSR count). The highest BCUT2D eigenvalue weighted by atomic mass is 32.2. The fraction of sp³-hybridized carbons (Fsp3) is 0.250. The number of nitrogens with zero attached hydrogens (tertiary/aromatic N) is 2. The first-order valence-electron chi connectivity index (χ1n) is 3.90. The SMILES string of the molecule is CSc1nsc(OCc2ccoc2)n1. The van der Waals surface area contributed by atoms with Gasteiger partial charge in [0.25, 0.3) is 5.19 Å². The van der Waals surface area contributed by atoms with Crippen LogP contribution < -0.4 is 4.74 Å². The second kappa shape index (κ2) is 4.47. The monoisotopic (exact) mass is 228 g/mol. The molecule has 2 aromatic rings. The maximum Gasteiger partial charge on any atom is 0.294 e. The number of furan rings is 1. The Bertz CT molecular complexity index is 386. The lowest BCUT2D eigenvalue weighted by Gasteiger charge is -1.96. The Morgan fingerprint density at radius 1 is 1.64 bits per heavy atom. The maximum absolute atomic E-state index is 5.40. The van der Waals surface area contributed by atoms with Crippen molar-refractivity contribution in [1.82, 2.24) is 9.36 Å². The number of rotatable bonds is 4. The van der Waals surface area contributed by atoms with Gasteiger partial charge in [0.1, 0.15) is 6.61 Å². The highest BCUT2D eigenvalue weighted by Crippen LogP contribution is 2.20. The third kappa shape index (κ3) is 2.27. The summed E-state index contributed by atoms with van der Waals surface area (Å²) < 4.78 is 14.4. The molecule has 14 heavy (non-hydrogen) atoms. The highest BCUT2D eigenvalue weighted by Gasteiger charge is 2.04. The van der Waals surface area contributed by atoms with E-state index in [9.17, 15) is 0 Å². The summed E-state index contributed by atoms with van der Waals surface area (Å²) in [5.41, 5.74) is 0.992. The molecule has 0 spiro atoms. The third-order valence-corrected chi connectivity index (χ3v) is 2.81. The van der Waals surface area contributed by atoms with E-state index in [2.05, 4.69) is 9.36 Å². The van der Waals surface area contributed by atoms with Crippen molar-refractivity contribution < 1.29 is 9.15 Å². The fourth-order valence-electron chi connectivity index (χ4n) is 0.858. The van der Waals surface area contributed by atoms with Gasteiger partial charge in [0, 0.05) is 17.1 Å². The molecular weight excluding hydrogens is 220 g/mol. The molecule has 0 fully saturated rings. The van der Waals surface area contributed by atoms with Gasteiger partial charge in [0.2, 0.25) is 5.16 Å². The van der Waals surface area contributed by atoms with Crippen molar-refractivity contribution in [2.24, 2.45) is 0 Å². The summed E-state index contributed by atoms with van der Waals surface area (Å²) in [6, 6.07) is 1.86. The van der Waals surface area contributed by atoms with Gasteiger partial charge < -0.3 is 9.15 Å². The molecule has 0 amide bonds. The Morgan fingerprint density at radius 3 is 3.21 bits per heavy atom. The number of ether oxygens (including phenoxy) is 1. The molecule has 0 aliphatic rings. The molecule has 0 atom stereocenters. The predicted octanol–water partition coefficient (Wildman–Crippen LogP) is 2.43. The smallest absolute Gasteiger partial charge is 0.294 e. The van der Waals surface area contributed by atoms with Gasteiger partial charge in [0.05, 0.1) is 12.5 Å². The van der Waals surface area contributed by atoms with Crippen LogP contribution in [0, 0.1) is 0 Å². The van der Waals surface area contributed by atoms with Crippen molar-refractivity contribution in [3.05, 3.63) is 24.2 Å². The molecule has 74 valence electrons. The van der Waals surface area contributed by atoms with Crippen LogP contribution in [0.5, 0.6) is 5.19 Å². The molecule has 0 saturated heterocycles. The van der Waals surface area contributed by atoms with Crippen LogP contribution in [0.3, 0.4) is 0 Å². The lowest BCUT2D eigenvalue weighted by molar-refractivity contribution is 0.301. The van der Waals surface area contributed by atoms with E-state index in [4.69, 9.17) is 9.15 Å². The molecule has 0 unspecified atom stereocenters. The summed E-state index contributed by atoms with van der Waals surface area (Å²) in [5.74, 6) is 0. The first kappa shape index (κ1) is 9.54. The van der Waals surface area contributed by atoms with Gasteiger partial charge in [-0.15, -0.1) is 0 Å². The summed E-state index contributed by atoms with van der Waals surface area (Å²) in [7, 11) is 0. The molecule has 0 aliphatic heterocycles. The number of thioether (sulfide) groups is 1. The molecule has 2 aromatic heterocycles. The van der Waals surface area contributed by atoms with Gasteiger partial charge in [0.15, 0.2) is 0 Å². The van der Waals surface area contributed by atoms with Crippen molar-refractivity contribution in [3.63, 3.8) is 0 Å². The summed E-state index contributed by atoms with van der Waals surface area (Å²) in [4.78, 5) is 4.15. The highest BCUT2D eigenvalue weighted by molar-refractivity contribution is 7.98. The van der Waals surface area contributed by atoms with E-state index in [0.717, 1.165) is 10.7 Å². The van der Waals surface area contributed by atoms with E-state index in [1.165, 1.54) is 23.3 Å². The van der Waals surface area contributed by atoms with Crippen LogP contribution in [0.25, 0.3) is 0 Å². The zero-order chi connectivity index (χ0) is 9.80. The molecule has 0 radical (unpaired) electrons. The minimum absolute atomic E-state index is 0.472. The van der Waals surface area contributed by atoms with Crippen molar-refractivity contribution >= 4 is 23.3 Å². The van der Waals surface area contributed by atoms with E-state index in [1.807, 2.05) is 12.3 Å². The molecule has 0 aromatic carbocycles. The number of hydrogen-bond acceptors (Lipinski definition) is 6. The van der Waals surface area contributed by atoms with Crippen LogP contribution >= 0.6 is 23.3 Å². The van der Waals surface area contributed by atoms with Gasteiger partial charge in [-0.2, -0.15) is 9.36 Å². The fourth-order valence-corrected chi connectivity index (χ4v) is 1.94. The zero-order valence-corrected chi connectivity index (χ0v) is 9.10. The normalized spacial score (nSPS) is 10.4. The quantitative estimate of drug-likeness (QED) is 0.752. The largest absolute Gasteiger partial charge is 0.472 e. The van der Waals surface area contributed by atoms with Crippen molar-refractivity contribution in [2.75, 3.05) is 6.26 Å². The van der Waals surface area contributed by atoms with E-state index in [0.29, 0.717) is 11.8 Å². The Hall–Kier alpha value is -1.01. The second-order valence-corrected chi connectivity index (χ2v) is 3.96. The van der Waals surface area contributed by atoms with Gasteiger partial charge in [-0.3, -0.25) is 0 Å². The van der Waals surface area contributed by atoms with Gasteiger partial charge in [-0.1, -0.05) is 11.8 Å². The molecule has 0 aliphatic carbocycles. The van der Waals surface area contributed by atoms with E-state index >= 15 is 0 Å². The van der Waals surface area contributed by atoms with E-state index in [-0.39, 0.29) is 0 Å². The summed E-state index contributed by atoms with van der Waals surface area (Å²) in [5, 5.41) is 1.34. The van der Waals surface area contributed by atoms with Crippen LogP contribution in [0.1, 0.15) is 5.56 Å². The Kier molecular flexibility index (Phi) is 3.05. The van der Waals surface area contributed by atoms with Gasteiger partial charge in [-0.25, -0.2) is 0 Å². The average Bonchev–Trinajstić information content (AvgIpc) is 2.86. The Morgan fingerprint density at radius 2 is 2.57 bits per heavy atom. The summed E-state index contributed by atoms with van der Waals surface area (Å²) >= 11 is 2.76. The first-order valence-corrected chi connectivity index (χ1v) is 5.90. The van der Waals surface area contributed by atoms with Crippen molar-refractivity contribution in [3.8, 4) is 5.19 Å². The number of aromatic nitrogens is 2. The van der Waals surface area contributed by atoms with Crippen LogP contribution in [0.4, 0.5) is 0 Å². The average molecular weight is 228 g/mol. The standard InChI is InChI=1S/C8H8N2O2S2/c1-13-7-9-8(14-10-7)12-5-6-2-3-11-4-6/h2-4H,5H2,1H3. The second-order valence-electron chi connectivity index (χ2n) is 2.47.